The lowest BCUT2D eigenvalue weighted by molar-refractivity contribution is -0.146. The van der Waals surface area contributed by atoms with E-state index in [4.69, 9.17) is 21.4 Å². The number of methoxy groups -OCH3 is 1. The molecule has 0 unspecified atom stereocenters. The Bertz CT molecular complexity index is 480. The zero-order valence-electron chi connectivity index (χ0n) is 10.9. The van der Waals surface area contributed by atoms with Gasteiger partial charge in [0.2, 0.25) is 0 Å². The number of carbonyl (C=O) groups is 1. The molecule has 1 aromatic rings. The number of carboxylic acids is 1. The number of phenols is 1. The molecule has 100 valence electrons. The first-order valence-electron chi connectivity index (χ1n) is 5.49. The summed E-state index contributed by atoms with van der Waals surface area (Å²) < 4.78 is 5.09. The highest BCUT2D eigenvalue weighted by Gasteiger charge is 2.29. The zero-order chi connectivity index (χ0) is 14.1. The fourth-order valence-electron chi connectivity index (χ4n) is 1.70. The minimum absolute atomic E-state index is 0.0475. The Hall–Kier alpha value is -1.42. The van der Waals surface area contributed by atoms with Crippen molar-refractivity contribution in [3.8, 4) is 11.5 Å². The first-order valence-corrected chi connectivity index (χ1v) is 5.87. The van der Waals surface area contributed by atoms with Gasteiger partial charge in [-0.15, -0.1) is 0 Å². The lowest BCUT2D eigenvalue weighted by Gasteiger charge is -2.21. The highest BCUT2D eigenvalue weighted by molar-refractivity contribution is 6.31. The number of phenolic OH excluding ortho intramolecular Hbond substituents is 1. The molecule has 0 spiro atoms. The number of hydrogen-bond donors (Lipinski definition) is 2. The second kappa shape index (κ2) is 5.06. The second-order valence-corrected chi connectivity index (χ2v) is 5.30. The van der Waals surface area contributed by atoms with Crippen molar-refractivity contribution in [2.45, 2.75) is 27.2 Å². The summed E-state index contributed by atoms with van der Waals surface area (Å²) in [5.74, 6) is -0.690. The molecule has 0 bridgehead atoms. The Morgan fingerprint density at radius 2 is 2.06 bits per heavy atom. The van der Waals surface area contributed by atoms with E-state index in [1.54, 1.807) is 26.8 Å². The van der Waals surface area contributed by atoms with Crippen LogP contribution < -0.4 is 4.74 Å². The first kappa shape index (κ1) is 14.6. The van der Waals surface area contributed by atoms with Crippen molar-refractivity contribution in [3.05, 3.63) is 22.2 Å². The molecule has 18 heavy (non-hydrogen) atoms. The zero-order valence-corrected chi connectivity index (χ0v) is 11.6. The summed E-state index contributed by atoms with van der Waals surface area (Å²) in [6.07, 6.45) is 0.171. The van der Waals surface area contributed by atoms with Gasteiger partial charge in [0.1, 0.15) is 0 Å². The van der Waals surface area contributed by atoms with Crippen molar-refractivity contribution < 1.29 is 19.7 Å². The molecular formula is C13H17ClO4. The average molecular weight is 273 g/mol. The summed E-state index contributed by atoms with van der Waals surface area (Å²) >= 11 is 6.04. The molecule has 0 heterocycles. The van der Waals surface area contributed by atoms with Gasteiger partial charge in [0.15, 0.2) is 11.5 Å². The Morgan fingerprint density at radius 3 is 2.50 bits per heavy atom. The topological polar surface area (TPSA) is 66.8 Å². The summed E-state index contributed by atoms with van der Waals surface area (Å²) in [4.78, 5) is 11.1. The number of ether oxygens (including phenoxy) is 1. The highest BCUT2D eigenvalue weighted by atomic mass is 35.5. The third kappa shape index (κ3) is 2.70. The van der Waals surface area contributed by atoms with E-state index in [1.807, 2.05) is 0 Å². The van der Waals surface area contributed by atoms with Crippen LogP contribution in [0.1, 0.15) is 25.0 Å². The molecular weight excluding hydrogens is 256 g/mol. The molecule has 0 saturated heterocycles. The van der Waals surface area contributed by atoms with Gasteiger partial charge in [-0.2, -0.15) is 0 Å². The van der Waals surface area contributed by atoms with E-state index in [-0.39, 0.29) is 12.2 Å². The van der Waals surface area contributed by atoms with E-state index in [1.165, 1.54) is 7.11 Å². The molecule has 0 aliphatic carbocycles. The van der Waals surface area contributed by atoms with Gasteiger partial charge in [0.25, 0.3) is 0 Å². The lowest BCUT2D eigenvalue weighted by Crippen LogP contribution is -2.26. The Morgan fingerprint density at radius 1 is 1.50 bits per heavy atom. The quantitative estimate of drug-likeness (QED) is 0.884. The molecule has 5 heteroatoms. The molecule has 0 fully saturated rings. The molecule has 0 atom stereocenters. The van der Waals surface area contributed by atoms with E-state index < -0.39 is 11.4 Å². The van der Waals surface area contributed by atoms with E-state index in [9.17, 15) is 9.90 Å². The van der Waals surface area contributed by atoms with Crippen LogP contribution in [0, 0.1) is 12.3 Å². The van der Waals surface area contributed by atoms with Crippen LogP contribution in [0.3, 0.4) is 0 Å². The van der Waals surface area contributed by atoms with Crippen LogP contribution in [0.4, 0.5) is 0 Å². The van der Waals surface area contributed by atoms with Gasteiger partial charge < -0.3 is 14.9 Å². The SMILES string of the molecule is COc1c(C)c(Cl)cc(CC(C)(C)C(=O)O)c1O. The number of carboxylic acid groups (broad SMARTS) is 1. The van der Waals surface area contributed by atoms with Crippen molar-refractivity contribution in [2.24, 2.45) is 5.41 Å². The largest absolute Gasteiger partial charge is 0.504 e. The van der Waals surface area contributed by atoms with Crippen molar-refractivity contribution >= 4 is 17.6 Å². The van der Waals surface area contributed by atoms with E-state index in [0.29, 0.717) is 21.9 Å². The highest BCUT2D eigenvalue weighted by Crippen LogP contribution is 2.40. The third-order valence-corrected chi connectivity index (χ3v) is 3.33. The third-order valence-electron chi connectivity index (χ3n) is 2.93. The Balaban J connectivity index is 3.27. The summed E-state index contributed by atoms with van der Waals surface area (Å²) in [6.45, 7) is 4.91. The molecule has 0 aliphatic heterocycles. The summed E-state index contributed by atoms with van der Waals surface area (Å²) in [7, 11) is 1.44. The maximum Gasteiger partial charge on any atom is 0.309 e. The van der Waals surface area contributed by atoms with Crippen molar-refractivity contribution in [1.82, 2.24) is 0 Å². The predicted octanol–water partition coefficient (Wildman–Crippen LogP) is 3.02. The Labute approximate surface area is 111 Å². The van der Waals surface area contributed by atoms with Crippen LogP contribution in [-0.2, 0) is 11.2 Å². The van der Waals surface area contributed by atoms with Crippen LogP contribution in [0.25, 0.3) is 0 Å². The maximum atomic E-state index is 11.1. The van der Waals surface area contributed by atoms with Gasteiger partial charge in [0, 0.05) is 16.1 Å². The number of halogens is 1. The number of hydrogen-bond acceptors (Lipinski definition) is 3. The lowest BCUT2D eigenvalue weighted by atomic mass is 9.85. The van der Waals surface area contributed by atoms with Gasteiger partial charge in [-0.25, -0.2) is 0 Å². The molecule has 0 saturated carbocycles. The smallest absolute Gasteiger partial charge is 0.309 e. The van der Waals surface area contributed by atoms with Gasteiger partial charge in [-0.3, -0.25) is 4.79 Å². The monoisotopic (exact) mass is 272 g/mol. The summed E-state index contributed by atoms with van der Waals surface area (Å²) in [5.41, 5.74) is 0.115. The van der Waals surface area contributed by atoms with Gasteiger partial charge in [-0.05, 0) is 33.3 Å². The average Bonchev–Trinajstić information content (AvgIpc) is 2.26. The minimum Gasteiger partial charge on any atom is -0.504 e. The summed E-state index contributed by atoms with van der Waals surface area (Å²) in [5, 5.41) is 19.6. The normalized spacial score (nSPS) is 11.4. The number of rotatable bonds is 4. The minimum atomic E-state index is -0.985. The van der Waals surface area contributed by atoms with Crippen molar-refractivity contribution in [2.75, 3.05) is 7.11 Å². The van der Waals surface area contributed by atoms with Gasteiger partial charge in [-0.1, -0.05) is 11.6 Å². The number of benzene rings is 1. The molecule has 2 N–H and O–H groups in total. The van der Waals surface area contributed by atoms with Crippen molar-refractivity contribution in [3.63, 3.8) is 0 Å². The van der Waals surface area contributed by atoms with Crippen LogP contribution in [0.5, 0.6) is 11.5 Å². The first-order chi connectivity index (χ1) is 8.20. The molecule has 0 aromatic heterocycles. The fourth-order valence-corrected chi connectivity index (χ4v) is 1.92. The van der Waals surface area contributed by atoms with Gasteiger partial charge in [0.05, 0.1) is 12.5 Å². The van der Waals surface area contributed by atoms with E-state index in [0.717, 1.165) is 0 Å². The predicted molar refractivity (Wildman–Crippen MR) is 69.5 cm³/mol. The van der Waals surface area contributed by atoms with Crippen LogP contribution in [0.15, 0.2) is 6.07 Å². The van der Waals surface area contributed by atoms with Crippen molar-refractivity contribution in [1.29, 1.82) is 0 Å². The van der Waals surface area contributed by atoms with E-state index >= 15 is 0 Å². The van der Waals surface area contributed by atoms with Crippen LogP contribution in [0.2, 0.25) is 5.02 Å². The van der Waals surface area contributed by atoms with Crippen LogP contribution in [-0.4, -0.2) is 23.3 Å². The standard InChI is InChI=1S/C13H17ClO4/c1-7-9(14)5-8(10(15)11(7)18-4)6-13(2,3)12(16)17/h5,15H,6H2,1-4H3,(H,16,17). The fraction of sp³-hybridized carbons (Fsp3) is 0.462. The van der Waals surface area contributed by atoms with E-state index in [2.05, 4.69) is 0 Å². The molecule has 0 amide bonds. The van der Waals surface area contributed by atoms with Crippen LogP contribution >= 0.6 is 11.6 Å². The second-order valence-electron chi connectivity index (χ2n) is 4.89. The summed E-state index contributed by atoms with van der Waals surface area (Å²) in [6, 6.07) is 1.58. The molecule has 0 radical (unpaired) electrons. The molecule has 0 aliphatic rings. The molecule has 4 nitrogen and oxygen atoms in total. The maximum absolute atomic E-state index is 11.1. The molecule has 1 rings (SSSR count). The Kier molecular flexibility index (Phi) is 4.12. The molecule has 1 aromatic carbocycles. The number of aromatic hydroxyl groups is 1. The van der Waals surface area contributed by atoms with Gasteiger partial charge >= 0.3 is 5.97 Å². The number of aliphatic carboxylic acids is 1.